The van der Waals surface area contributed by atoms with E-state index >= 15 is 0 Å². The number of hydrogen-bond acceptors (Lipinski definition) is 5. The lowest BCUT2D eigenvalue weighted by Crippen LogP contribution is -2.38. The summed E-state index contributed by atoms with van der Waals surface area (Å²) in [6, 6.07) is 1.80. The lowest BCUT2D eigenvalue weighted by Gasteiger charge is -2.23. The van der Waals surface area contributed by atoms with Gasteiger partial charge in [0.05, 0.1) is 12.2 Å². The van der Waals surface area contributed by atoms with Gasteiger partial charge in [-0.1, -0.05) is 5.16 Å². The van der Waals surface area contributed by atoms with Gasteiger partial charge in [0.15, 0.2) is 0 Å². The first-order chi connectivity index (χ1) is 10.7. The van der Waals surface area contributed by atoms with Crippen molar-refractivity contribution >= 4 is 5.91 Å². The van der Waals surface area contributed by atoms with Crippen LogP contribution in [-0.4, -0.2) is 22.7 Å². The summed E-state index contributed by atoms with van der Waals surface area (Å²) in [6.45, 7) is 9.12. The summed E-state index contributed by atoms with van der Waals surface area (Å²) in [7, 11) is 0. The van der Waals surface area contributed by atoms with E-state index in [1.54, 1.807) is 19.9 Å². The molecule has 2 aromatic rings. The Labute approximate surface area is 135 Å². The maximum atomic E-state index is 12.0. The van der Waals surface area contributed by atoms with Crippen LogP contribution < -0.4 is 5.32 Å². The zero-order valence-corrected chi connectivity index (χ0v) is 14.3. The predicted molar refractivity (Wildman–Crippen MR) is 85.1 cm³/mol. The second kappa shape index (κ2) is 6.58. The van der Waals surface area contributed by atoms with E-state index in [4.69, 9.17) is 8.94 Å². The monoisotopic (exact) mass is 320 g/mol. The zero-order chi connectivity index (χ0) is 17.2. The molecule has 0 aromatic carbocycles. The van der Waals surface area contributed by atoms with E-state index in [0.717, 1.165) is 22.8 Å². The lowest BCUT2D eigenvalue weighted by atomic mass is 9.96. The number of nitrogens with one attached hydrogen (secondary N) is 1. The van der Waals surface area contributed by atoms with Gasteiger partial charge < -0.3 is 19.4 Å². The van der Waals surface area contributed by atoms with Gasteiger partial charge in [-0.05, 0) is 47.1 Å². The summed E-state index contributed by atoms with van der Waals surface area (Å²) in [6.07, 6.45) is 0.890. The first kappa shape index (κ1) is 17.3. The number of nitrogens with zero attached hydrogens (tertiary/aromatic N) is 1. The molecule has 0 aliphatic rings. The van der Waals surface area contributed by atoms with E-state index in [2.05, 4.69) is 10.5 Å². The summed E-state index contributed by atoms with van der Waals surface area (Å²) in [4.78, 5) is 12.0. The van der Waals surface area contributed by atoms with E-state index in [1.165, 1.54) is 0 Å². The Morgan fingerprint density at radius 2 is 2.00 bits per heavy atom. The summed E-state index contributed by atoms with van der Waals surface area (Å²) in [5.74, 6) is 2.02. The Morgan fingerprint density at radius 1 is 1.30 bits per heavy atom. The minimum absolute atomic E-state index is 0.122. The largest absolute Gasteiger partial charge is 0.466 e. The number of aliphatic hydroxyl groups is 1. The van der Waals surface area contributed by atoms with E-state index < -0.39 is 5.60 Å². The SMILES string of the molecule is Cc1cc(C(C)(O)CNC(=O)CCc2c(C)noc2C)c(C)o1. The standard InChI is InChI=1S/C17H24N2O4/c1-10-8-15(13(4)22-10)17(5,21)9-18-16(20)7-6-14-11(2)19-23-12(14)3/h8,21H,6-7,9H2,1-5H3,(H,18,20). The number of aryl methyl sites for hydroxylation is 4. The minimum Gasteiger partial charge on any atom is -0.466 e. The van der Waals surface area contributed by atoms with Crippen LogP contribution in [0.15, 0.2) is 15.0 Å². The second-order valence-electron chi connectivity index (χ2n) is 6.18. The fraction of sp³-hybridized carbons (Fsp3) is 0.529. The van der Waals surface area contributed by atoms with E-state index in [0.29, 0.717) is 24.2 Å². The van der Waals surface area contributed by atoms with Gasteiger partial charge in [-0.15, -0.1) is 0 Å². The third kappa shape index (κ3) is 4.01. The Balaban J connectivity index is 1.90. The molecule has 6 nitrogen and oxygen atoms in total. The van der Waals surface area contributed by atoms with Crippen LogP contribution >= 0.6 is 0 Å². The first-order valence-electron chi connectivity index (χ1n) is 7.69. The fourth-order valence-corrected chi connectivity index (χ4v) is 2.72. The zero-order valence-electron chi connectivity index (χ0n) is 14.3. The molecule has 1 amide bonds. The number of rotatable bonds is 6. The van der Waals surface area contributed by atoms with E-state index in [9.17, 15) is 9.90 Å². The molecular weight excluding hydrogens is 296 g/mol. The van der Waals surface area contributed by atoms with Crippen LogP contribution in [0.1, 0.15) is 47.4 Å². The van der Waals surface area contributed by atoms with Crippen molar-refractivity contribution in [3.63, 3.8) is 0 Å². The highest BCUT2D eigenvalue weighted by atomic mass is 16.5. The Kier molecular flexibility index (Phi) is 4.94. The Morgan fingerprint density at radius 3 is 2.52 bits per heavy atom. The van der Waals surface area contributed by atoms with Crippen LogP contribution in [0.4, 0.5) is 0 Å². The molecule has 0 fully saturated rings. The van der Waals surface area contributed by atoms with Crippen molar-refractivity contribution < 1.29 is 18.8 Å². The van der Waals surface area contributed by atoms with Crippen molar-refractivity contribution in [3.8, 4) is 0 Å². The average molecular weight is 320 g/mol. The summed E-state index contributed by atoms with van der Waals surface area (Å²) in [5.41, 5.74) is 1.31. The summed E-state index contributed by atoms with van der Waals surface area (Å²) >= 11 is 0. The smallest absolute Gasteiger partial charge is 0.220 e. The molecule has 2 rings (SSSR count). The summed E-state index contributed by atoms with van der Waals surface area (Å²) in [5, 5.41) is 17.2. The molecule has 2 aromatic heterocycles. The van der Waals surface area contributed by atoms with Gasteiger partial charge >= 0.3 is 0 Å². The maximum absolute atomic E-state index is 12.0. The molecule has 23 heavy (non-hydrogen) atoms. The van der Waals surface area contributed by atoms with Crippen LogP contribution in [-0.2, 0) is 16.8 Å². The molecule has 0 aliphatic carbocycles. The topological polar surface area (TPSA) is 88.5 Å². The normalized spacial score (nSPS) is 13.8. The molecule has 0 aliphatic heterocycles. The maximum Gasteiger partial charge on any atom is 0.220 e. The van der Waals surface area contributed by atoms with Crippen molar-refractivity contribution in [1.29, 1.82) is 0 Å². The number of hydrogen-bond donors (Lipinski definition) is 2. The molecular formula is C17H24N2O4. The Bertz CT molecular complexity index is 678. The van der Waals surface area contributed by atoms with Gasteiger partial charge in [0.1, 0.15) is 22.9 Å². The van der Waals surface area contributed by atoms with Crippen LogP contribution in [0.3, 0.4) is 0 Å². The highest BCUT2D eigenvalue weighted by molar-refractivity contribution is 5.76. The lowest BCUT2D eigenvalue weighted by molar-refractivity contribution is -0.122. The van der Waals surface area contributed by atoms with Gasteiger partial charge in [-0.25, -0.2) is 0 Å². The van der Waals surface area contributed by atoms with Gasteiger partial charge in [0.25, 0.3) is 0 Å². The molecule has 0 saturated carbocycles. The van der Waals surface area contributed by atoms with Crippen molar-refractivity contribution in [2.45, 2.75) is 53.1 Å². The Hall–Kier alpha value is -2.08. The van der Waals surface area contributed by atoms with Crippen LogP contribution in [0.2, 0.25) is 0 Å². The van der Waals surface area contributed by atoms with Gasteiger partial charge in [-0.3, -0.25) is 4.79 Å². The third-order valence-electron chi connectivity index (χ3n) is 4.03. The molecule has 0 spiro atoms. The van der Waals surface area contributed by atoms with Gasteiger partial charge in [-0.2, -0.15) is 0 Å². The third-order valence-corrected chi connectivity index (χ3v) is 4.03. The van der Waals surface area contributed by atoms with Crippen LogP contribution in [0, 0.1) is 27.7 Å². The second-order valence-corrected chi connectivity index (χ2v) is 6.18. The molecule has 0 saturated heterocycles. The van der Waals surface area contributed by atoms with E-state index in [1.807, 2.05) is 20.8 Å². The molecule has 0 bridgehead atoms. The number of aromatic nitrogens is 1. The molecule has 2 heterocycles. The number of amides is 1. The molecule has 1 atom stereocenters. The highest BCUT2D eigenvalue weighted by Crippen LogP contribution is 2.26. The molecule has 1 unspecified atom stereocenters. The molecule has 126 valence electrons. The molecule has 6 heteroatoms. The summed E-state index contributed by atoms with van der Waals surface area (Å²) < 4.78 is 10.5. The van der Waals surface area contributed by atoms with Gasteiger partial charge in [0.2, 0.25) is 5.91 Å². The fourth-order valence-electron chi connectivity index (χ4n) is 2.72. The van der Waals surface area contributed by atoms with Crippen LogP contribution in [0.25, 0.3) is 0 Å². The predicted octanol–water partition coefficient (Wildman–Crippen LogP) is 2.46. The number of furan rings is 1. The van der Waals surface area contributed by atoms with Crippen molar-refractivity contribution in [2.24, 2.45) is 0 Å². The van der Waals surface area contributed by atoms with E-state index in [-0.39, 0.29) is 12.5 Å². The molecule has 0 radical (unpaired) electrons. The highest BCUT2D eigenvalue weighted by Gasteiger charge is 2.28. The van der Waals surface area contributed by atoms with Crippen molar-refractivity contribution in [2.75, 3.05) is 6.54 Å². The van der Waals surface area contributed by atoms with Gasteiger partial charge in [0, 0.05) is 17.5 Å². The minimum atomic E-state index is -1.17. The quantitative estimate of drug-likeness (QED) is 0.853. The average Bonchev–Trinajstić information content (AvgIpc) is 2.97. The number of carbonyl (C=O) groups is 1. The first-order valence-corrected chi connectivity index (χ1v) is 7.69. The number of carbonyl (C=O) groups excluding carboxylic acids is 1. The van der Waals surface area contributed by atoms with Crippen LogP contribution in [0.5, 0.6) is 0 Å². The van der Waals surface area contributed by atoms with Crippen molar-refractivity contribution in [3.05, 3.63) is 40.2 Å². The molecule has 2 N–H and O–H groups in total. The van der Waals surface area contributed by atoms with Crippen molar-refractivity contribution in [1.82, 2.24) is 10.5 Å².